The van der Waals surface area contributed by atoms with Crippen molar-refractivity contribution < 1.29 is 23.5 Å². The highest BCUT2D eigenvalue weighted by Crippen LogP contribution is 2.26. The molecular formula is C17H20N2O6. The number of rotatable bonds is 2. The standard InChI is InChI=1S/C17H20N2O6/c1-17(2,3)25-16(22)19-9-5-6-10(19)14(20)23-11-7-4-8-12-13(11)18-15(21)24-12/h4,7-8,10H,5-6,9H2,1-3H3,(H,18,21)/t10-/m0/s1. The lowest BCUT2D eigenvalue weighted by molar-refractivity contribution is -0.139. The molecule has 1 fully saturated rings. The Morgan fingerprint density at radius 2 is 2.08 bits per heavy atom. The smallest absolute Gasteiger partial charge is 0.417 e. The molecule has 0 radical (unpaired) electrons. The van der Waals surface area contributed by atoms with Crippen LogP contribution < -0.4 is 10.5 Å². The lowest BCUT2D eigenvalue weighted by atomic mass is 10.2. The second kappa shape index (κ2) is 6.27. The van der Waals surface area contributed by atoms with E-state index < -0.39 is 29.5 Å². The summed E-state index contributed by atoms with van der Waals surface area (Å²) in [6.45, 7) is 5.74. The van der Waals surface area contributed by atoms with E-state index in [1.54, 1.807) is 39.0 Å². The lowest BCUT2D eigenvalue weighted by Gasteiger charge is -2.27. The number of nitrogens with one attached hydrogen (secondary N) is 1. The first-order valence-electron chi connectivity index (χ1n) is 8.08. The average molecular weight is 348 g/mol. The zero-order chi connectivity index (χ0) is 18.2. The minimum Gasteiger partial charge on any atom is -0.444 e. The predicted octanol–water partition coefficient (Wildman–Crippen LogP) is 2.43. The molecule has 1 aliphatic rings. The maximum absolute atomic E-state index is 12.6. The van der Waals surface area contributed by atoms with Crippen molar-refractivity contribution in [2.45, 2.75) is 45.3 Å². The fraction of sp³-hybridized carbons (Fsp3) is 0.471. The maximum atomic E-state index is 12.6. The summed E-state index contributed by atoms with van der Waals surface area (Å²) < 4.78 is 15.7. The second-order valence-electron chi connectivity index (χ2n) is 6.90. The number of amides is 1. The van der Waals surface area contributed by atoms with E-state index in [0.717, 1.165) is 0 Å². The van der Waals surface area contributed by atoms with Crippen molar-refractivity contribution in [1.82, 2.24) is 9.88 Å². The Bertz CT molecular complexity index is 860. The number of hydrogen-bond donors (Lipinski definition) is 1. The third kappa shape index (κ3) is 3.67. The van der Waals surface area contributed by atoms with Gasteiger partial charge in [-0.25, -0.2) is 14.4 Å². The summed E-state index contributed by atoms with van der Waals surface area (Å²) in [5, 5.41) is 0. The molecular weight excluding hydrogens is 328 g/mol. The molecule has 25 heavy (non-hydrogen) atoms. The van der Waals surface area contributed by atoms with Crippen LogP contribution in [0.15, 0.2) is 27.4 Å². The van der Waals surface area contributed by atoms with E-state index in [9.17, 15) is 14.4 Å². The fourth-order valence-corrected chi connectivity index (χ4v) is 2.76. The van der Waals surface area contributed by atoms with Gasteiger partial charge < -0.3 is 13.9 Å². The van der Waals surface area contributed by atoms with Crippen molar-refractivity contribution in [3.05, 3.63) is 28.7 Å². The normalized spacial score (nSPS) is 17.7. The topological polar surface area (TPSA) is 102 Å². The molecule has 0 aliphatic carbocycles. The number of H-pyrrole nitrogens is 1. The van der Waals surface area contributed by atoms with Gasteiger partial charge in [0.25, 0.3) is 0 Å². The number of oxazole rings is 1. The van der Waals surface area contributed by atoms with Crippen molar-refractivity contribution in [3.63, 3.8) is 0 Å². The van der Waals surface area contributed by atoms with Gasteiger partial charge >= 0.3 is 17.8 Å². The van der Waals surface area contributed by atoms with E-state index in [1.807, 2.05) is 0 Å². The van der Waals surface area contributed by atoms with Crippen LogP contribution in [-0.4, -0.2) is 40.1 Å². The average Bonchev–Trinajstić information content (AvgIpc) is 3.11. The lowest BCUT2D eigenvalue weighted by Crippen LogP contribution is -2.44. The Morgan fingerprint density at radius 1 is 1.32 bits per heavy atom. The molecule has 3 rings (SSSR count). The Balaban J connectivity index is 1.77. The van der Waals surface area contributed by atoms with Gasteiger partial charge in [0.1, 0.15) is 17.2 Å². The zero-order valence-electron chi connectivity index (χ0n) is 14.3. The molecule has 8 nitrogen and oxygen atoms in total. The maximum Gasteiger partial charge on any atom is 0.417 e. The van der Waals surface area contributed by atoms with Gasteiger partial charge in [-0.1, -0.05) is 6.07 Å². The van der Waals surface area contributed by atoms with Crippen LogP contribution in [0.4, 0.5) is 4.79 Å². The predicted molar refractivity (Wildman–Crippen MR) is 88.4 cm³/mol. The van der Waals surface area contributed by atoms with Crippen molar-refractivity contribution in [1.29, 1.82) is 0 Å². The number of likely N-dealkylation sites (tertiary alicyclic amines) is 1. The first kappa shape index (κ1) is 17.1. The Hall–Kier alpha value is -2.77. The number of ether oxygens (including phenoxy) is 2. The molecule has 0 unspecified atom stereocenters. The molecule has 1 aromatic heterocycles. The Kier molecular flexibility index (Phi) is 4.28. The first-order valence-corrected chi connectivity index (χ1v) is 8.08. The molecule has 1 saturated heterocycles. The Labute approximate surface area is 143 Å². The van der Waals surface area contributed by atoms with Crippen LogP contribution in [0.5, 0.6) is 5.75 Å². The molecule has 2 aromatic rings. The summed E-state index contributed by atoms with van der Waals surface area (Å²) >= 11 is 0. The van der Waals surface area contributed by atoms with Crippen molar-refractivity contribution >= 4 is 23.2 Å². The number of carbonyl (C=O) groups excluding carboxylic acids is 2. The minimum atomic E-state index is -0.719. The van der Waals surface area contributed by atoms with Gasteiger partial charge in [-0.15, -0.1) is 0 Å². The molecule has 1 amide bonds. The number of aromatic nitrogens is 1. The second-order valence-corrected chi connectivity index (χ2v) is 6.90. The summed E-state index contributed by atoms with van der Waals surface area (Å²) in [7, 11) is 0. The van der Waals surface area contributed by atoms with Gasteiger partial charge in [-0.3, -0.25) is 9.88 Å². The molecule has 0 spiro atoms. The van der Waals surface area contributed by atoms with E-state index in [-0.39, 0.29) is 5.75 Å². The van der Waals surface area contributed by atoms with E-state index >= 15 is 0 Å². The highest BCUT2D eigenvalue weighted by Gasteiger charge is 2.38. The van der Waals surface area contributed by atoms with Gasteiger partial charge in [0.15, 0.2) is 11.3 Å². The molecule has 1 N–H and O–H groups in total. The summed E-state index contributed by atoms with van der Waals surface area (Å²) in [5.41, 5.74) is -0.0379. The molecule has 1 aliphatic heterocycles. The van der Waals surface area contributed by atoms with Crippen LogP contribution in [0.3, 0.4) is 0 Å². The number of esters is 1. The number of benzene rings is 1. The number of carbonyl (C=O) groups is 2. The van der Waals surface area contributed by atoms with Gasteiger partial charge in [0.2, 0.25) is 0 Å². The number of aromatic amines is 1. The number of nitrogens with zero attached hydrogens (tertiary/aromatic N) is 1. The molecule has 0 bridgehead atoms. The number of para-hydroxylation sites is 1. The summed E-state index contributed by atoms with van der Waals surface area (Å²) in [5.74, 6) is -1.02. The third-order valence-electron chi connectivity index (χ3n) is 3.78. The molecule has 1 atom stereocenters. The quantitative estimate of drug-likeness (QED) is 0.660. The van der Waals surface area contributed by atoms with E-state index in [0.29, 0.717) is 30.5 Å². The van der Waals surface area contributed by atoms with Crippen LogP contribution in [0.25, 0.3) is 11.1 Å². The Morgan fingerprint density at radius 3 is 2.80 bits per heavy atom. The molecule has 0 saturated carbocycles. The first-order chi connectivity index (χ1) is 11.7. The molecule has 134 valence electrons. The molecule has 1 aromatic carbocycles. The highest BCUT2D eigenvalue weighted by molar-refractivity contribution is 5.87. The van der Waals surface area contributed by atoms with Crippen molar-refractivity contribution in [3.8, 4) is 5.75 Å². The van der Waals surface area contributed by atoms with Gasteiger partial charge in [-0.2, -0.15) is 0 Å². The van der Waals surface area contributed by atoms with Crippen molar-refractivity contribution in [2.24, 2.45) is 0 Å². The van der Waals surface area contributed by atoms with Crippen molar-refractivity contribution in [2.75, 3.05) is 6.54 Å². The van der Waals surface area contributed by atoms with Gasteiger partial charge in [0, 0.05) is 6.54 Å². The summed E-state index contributed by atoms with van der Waals surface area (Å²) in [6, 6.07) is 4.04. The largest absolute Gasteiger partial charge is 0.444 e. The van der Waals surface area contributed by atoms with E-state index in [2.05, 4.69) is 4.98 Å². The summed E-state index contributed by atoms with van der Waals surface area (Å²) in [4.78, 5) is 40.0. The summed E-state index contributed by atoms with van der Waals surface area (Å²) in [6.07, 6.45) is 0.642. The number of fused-ring (bicyclic) bond motifs is 1. The van der Waals surface area contributed by atoms with E-state index in [4.69, 9.17) is 13.9 Å². The van der Waals surface area contributed by atoms with Crippen LogP contribution in [-0.2, 0) is 9.53 Å². The third-order valence-corrected chi connectivity index (χ3v) is 3.78. The number of hydrogen-bond acceptors (Lipinski definition) is 6. The molecule has 2 heterocycles. The van der Waals surface area contributed by atoms with Crippen LogP contribution in [0.2, 0.25) is 0 Å². The van der Waals surface area contributed by atoms with E-state index in [1.165, 1.54) is 4.90 Å². The monoisotopic (exact) mass is 348 g/mol. The highest BCUT2D eigenvalue weighted by atomic mass is 16.6. The molecule has 8 heteroatoms. The van der Waals surface area contributed by atoms with Crippen LogP contribution in [0.1, 0.15) is 33.6 Å². The zero-order valence-corrected chi connectivity index (χ0v) is 14.3. The SMILES string of the molecule is CC(C)(C)OC(=O)N1CCC[C@H]1C(=O)Oc1cccc2oc(=O)[nH]c12. The van der Waals surface area contributed by atoms with Gasteiger partial charge in [-0.05, 0) is 45.7 Å². The fourth-order valence-electron chi connectivity index (χ4n) is 2.76. The van der Waals surface area contributed by atoms with Crippen LogP contribution >= 0.6 is 0 Å². The van der Waals surface area contributed by atoms with Crippen LogP contribution in [0, 0.1) is 0 Å². The minimum absolute atomic E-state index is 0.185. The van der Waals surface area contributed by atoms with Gasteiger partial charge in [0.05, 0.1) is 0 Å².